The quantitative estimate of drug-likeness (QED) is 0.846. The van der Waals surface area contributed by atoms with Crippen LogP contribution in [0, 0.1) is 0 Å². The standard InChI is InChI=1S/C18H22N2OS2/c1-2-15-14-6-10-23-17(14)4-8-20(15)18(21)12-19-7-3-16-13(11-19)5-9-22-16/h5-6,9-10,15H,2-4,7-8,11-12H2,1H3/t15-/m1/s1. The van der Waals surface area contributed by atoms with Crippen LogP contribution in [-0.2, 0) is 24.2 Å². The number of hydrogen-bond donors (Lipinski definition) is 0. The van der Waals surface area contributed by atoms with Crippen LogP contribution in [0.25, 0.3) is 0 Å². The van der Waals surface area contributed by atoms with E-state index in [0.717, 1.165) is 38.9 Å². The van der Waals surface area contributed by atoms with Crippen LogP contribution in [-0.4, -0.2) is 35.3 Å². The van der Waals surface area contributed by atoms with Crippen LogP contribution in [0.3, 0.4) is 0 Å². The van der Waals surface area contributed by atoms with Gasteiger partial charge in [0.1, 0.15) is 0 Å². The van der Waals surface area contributed by atoms with Gasteiger partial charge in [-0.1, -0.05) is 6.92 Å². The number of thiophene rings is 2. The van der Waals surface area contributed by atoms with Crippen molar-refractivity contribution in [2.45, 2.75) is 38.8 Å². The van der Waals surface area contributed by atoms with E-state index in [9.17, 15) is 4.79 Å². The van der Waals surface area contributed by atoms with Crippen LogP contribution >= 0.6 is 22.7 Å². The lowest BCUT2D eigenvalue weighted by Gasteiger charge is -2.37. The number of amides is 1. The van der Waals surface area contributed by atoms with E-state index in [2.05, 4.69) is 39.6 Å². The highest BCUT2D eigenvalue weighted by Gasteiger charge is 2.31. The predicted octanol–water partition coefficient (Wildman–Crippen LogP) is 3.70. The third-order valence-corrected chi connectivity index (χ3v) is 7.07. The van der Waals surface area contributed by atoms with Gasteiger partial charge in [-0.05, 0) is 53.3 Å². The maximum atomic E-state index is 12.9. The van der Waals surface area contributed by atoms with E-state index in [1.807, 2.05) is 22.7 Å². The van der Waals surface area contributed by atoms with Crippen LogP contribution in [0.4, 0.5) is 0 Å². The second-order valence-electron chi connectivity index (χ2n) is 6.39. The molecule has 2 aliphatic heterocycles. The van der Waals surface area contributed by atoms with E-state index in [4.69, 9.17) is 0 Å². The molecule has 0 aromatic carbocycles. The van der Waals surface area contributed by atoms with E-state index >= 15 is 0 Å². The average Bonchev–Trinajstić information content (AvgIpc) is 3.21. The fourth-order valence-electron chi connectivity index (χ4n) is 3.86. The topological polar surface area (TPSA) is 23.6 Å². The molecule has 5 heteroatoms. The lowest BCUT2D eigenvalue weighted by Crippen LogP contribution is -2.45. The molecule has 0 N–H and O–H groups in total. The van der Waals surface area contributed by atoms with E-state index in [1.165, 1.54) is 20.9 Å². The molecule has 122 valence electrons. The summed E-state index contributed by atoms with van der Waals surface area (Å²) in [6.45, 7) is 5.57. The minimum atomic E-state index is 0.277. The smallest absolute Gasteiger partial charge is 0.237 e. The number of fused-ring (bicyclic) bond motifs is 2. The monoisotopic (exact) mass is 346 g/mol. The van der Waals surface area contributed by atoms with Gasteiger partial charge in [-0.3, -0.25) is 9.69 Å². The van der Waals surface area contributed by atoms with E-state index in [-0.39, 0.29) is 6.04 Å². The van der Waals surface area contributed by atoms with Gasteiger partial charge in [-0.25, -0.2) is 0 Å². The zero-order chi connectivity index (χ0) is 15.8. The fraction of sp³-hybridized carbons (Fsp3) is 0.500. The van der Waals surface area contributed by atoms with Gasteiger partial charge in [0.25, 0.3) is 0 Å². The molecule has 0 saturated carbocycles. The Labute approximate surface area is 145 Å². The largest absolute Gasteiger partial charge is 0.334 e. The Morgan fingerprint density at radius 3 is 2.83 bits per heavy atom. The van der Waals surface area contributed by atoms with Crippen LogP contribution in [0.5, 0.6) is 0 Å². The van der Waals surface area contributed by atoms with Gasteiger partial charge < -0.3 is 4.90 Å². The van der Waals surface area contributed by atoms with E-state index < -0.39 is 0 Å². The molecule has 2 aliphatic rings. The van der Waals surface area contributed by atoms with Gasteiger partial charge in [0.15, 0.2) is 0 Å². The van der Waals surface area contributed by atoms with E-state index in [0.29, 0.717) is 12.5 Å². The Bertz CT molecular complexity index is 705. The first-order valence-electron chi connectivity index (χ1n) is 8.39. The molecule has 1 amide bonds. The summed E-state index contributed by atoms with van der Waals surface area (Å²) < 4.78 is 0. The highest BCUT2D eigenvalue weighted by molar-refractivity contribution is 7.10. The van der Waals surface area contributed by atoms with Crippen molar-refractivity contribution in [2.75, 3.05) is 19.6 Å². The third kappa shape index (κ3) is 2.86. The Kier molecular flexibility index (Phi) is 4.26. The van der Waals surface area contributed by atoms with Crippen LogP contribution in [0.15, 0.2) is 22.9 Å². The van der Waals surface area contributed by atoms with Crippen LogP contribution < -0.4 is 0 Å². The first kappa shape index (κ1) is 15.4. The second kappa shape index (κ2) is 6.38. The highest BCUT2D eigenvalue weighted by Crippen LogP contribution is 2.35. The lowest BCUT2D eigenvalue weighted by atomic mass is 9.97. The summed E-state index contributed by atoms with van der Waals surface area (Å²) in [5.74, 6) is 0.298. The molecule has 23 heavy (non-hydrogen) atoms. The van der Waals surface area contributed by atoms with Crippen molar-refractivity contribution >= 4 is 28.6 Å². The third-order valence-electron chi connectivity index (χ3n) is 5.05. The van der Waals surface area contributed by atoms with Crippen molar-refractivity contribution < 1.29 is 4.79 Å². The number of nitrogens with zero attached hydrogens (tertiary/aromatic N) is 2. The summed E-state index contributed by atoms with van der Waals surface area (Å²) in [4.78, 5) is 20.3. The van der Waals surface area contributed by atoms with Crippen molar-refractivity contribution in [3.05, 3.63) is 43.8 Å². The molecule has 4 heterocycles. The summed E-state index contributed by atoms with van der Waals surface area (Å²) >= 11 is 3.69. The molecule has 0 radical (unpaired) electrons. The highest BCUT2D eigenvalue weighted by atomic mass is 32.1. The summed E-state index contributed by atoms with van der Waals surface area (Å²) in [5, 5.41) is 4.34. The summed E-state index contributed by atoms with van der Waals surface area (Å²) in [6.07, 6.45) is 3.11. The van der Waals surface area contributed by atoms with Crippen molar-refractivity contribution in [3.63, 3.8) is 0 Å². The lowest BCUT2D eigenvalue weighted by molar-refractivity contribution is -0.135. The summed E-state index contributed by atoms with van der Waals surface area (Å²) in [7, 11) is 0. The van der Waals surface area contributed by atoms with Gasteiger partial charge in [0.05, 0.1) is 12.6 Å². The Morgan fingerprint density at radius 1 is 1.17 bits per heavy atom. The zero-order valence-corrected chi connectivity index (χ0v) is 15.1. The molecule has 1 atom stereocenters. The first-order valence-corrected chi connectivity index (χ1v) is 10.2. The van der Waals surface area contributed by atoms with Crippen LogP contribution in [0.2, 0.25) is 0 Å². The molecule has 2 aromatic rings. The summed E-state index contributed by atoms with van der Waals surface area (Å²) in [6, 6.07) is 4.70. The molecular weight excluding hydrogens is 324 g/mol. The first-order chi connectivity index (χ1) is 11.3. The van der Waals surface area contributed by atoms with Crippen molar-refractivity contribution in [2.24, 2.45) is 0 Å². The van der Waals surface area contributed by atoms with Gasteiger partial charge in [0, 0.05) is 29.4 Å². The van der Waals surface area contributed by atoms with Crippen molar-refractivity contribution in [1.82, 2.24) is 9.80 Å². The normalized spacial score (nSPS) is 21.1. The molecule has 2 aromatic heterocycles. The van der Waals surface area contributed by atoms with Gasteiger partial charge >= 0.3 is 0 Å². The molecule has 0 saturated heterocycles. The second-order valence-corrected chi connectivity index (χ2v) is 8.39. The number of carbonyl (C=O) groups excluding carboxylic acids is 1. The number of hydrogen-bond acceptors (Lipinski definition) is 4. The molecule has 0 spiro atoms. The molecule has 0 bridgehead atoms. The maximum absolute atomic E-state index is 12.9. The van der Waals surface area contributed by atoms with Gasteiger partial charge in [0.2, 0.25) is 5.91 Å². The van der Waals surface area contributed by atoms with Crippen molar-refractivity contribution in [1.29, 1.82) is 0 Å². The predicted molar refractivity (Wildman–Crippen MR) is 96.1 cm³/mol. The molecule has 3 nitrogen and oxygen atoms in total. The van der Waals surface area contributed by atoms with Crippen molar-refractivity contribution in [3.8, 4) is 0 Å². The minimum Gasteiger partial charge on any atom is -0.334 e. The molecular formula is C18H22N2OS2. The molecule has 0 aliphatic carbocycles. The molecule has 0 unspecified atom stereocenters. The Hall–Kier alpha value is -1.17. The molecule has 0 fully saturated rings. The van der Waals surface area contributed by atoms with E-state index in [1.54, 1.807) is 0 Å². The van der Waals surface area contributed by atoms with Gasteiger partial charge in [-0.15, -0.1) is 22.7 Å². The van der Waals surface area contributed by atoms with Crippen LogP contribution in [0.1, 0.15) is 40.3 Å². The Balaban J connectivity index is 1.45. The maximum Gasteiger partial charge on any atom is 0.237 e. The zero-order valence-electron chi connectivity index (χ0n) is 13.5. The fourth-order valence-corrected chi connectivity index (χ4v) is 5.68. The molecule has 4 rings (SSSR count). The average molecular weight is 347 g/mol. The SMILES string of the molecule is CC[C@@H]1c2ccsc2CCN1C(=O)CN1CCc2sccc2C1. The Morgan fingerprint density at radius 2 is 1.96 bits per heavy atom. The van der Waals surface area contributed by atoms with Gasteiger partial charge in [-0.2, -0.15) is 0 Å². The number of carbonyl (C=O) groups is 1. The minimum absolute atomic E-state index is 0.277. The summed E-state index contributed by atoms with van der Waals surface area (Å²) in [5.41, 5.74) is 2.80. The number of rotatable bonds is 3.